The Morgan fingerprint density at radius 2 is 1.88 bits per heavy atom. The molecule has 0 aromatic heterocycles. The van der Waals surface area contributed by atoms with Gasteiger partial charge in [-0.1, -0.05) is 41.9 Å². The van der Waals surface area contributed by atoms with Crippen molar-refractivity contribution in [1.82, 2.24) is 0 Å². The zero-order valence-electron chi connectivity index (χ0n) is 10.1. The fourth-order valence-electron chi connectivity index (χ4n) is 1.54. The van der Waals surface area contributed by atoms with Crippen LogP contribution in [0.1, 0.15) is 44.2 Å². The molecule has 0 spiro atoms. The zero-order valence-corrected chi connectivity index (χ0v) is 11.7. The Morgan fingerprint density at radius 1 is 1.12 bits per heavy atom. The van der Waals surface area contributed by atoms with Gasteiger partial charge in [-0.15, -0.1) is 11.8 Å². The summed E-state index contributed by atoms with van der Waals surface area (Å²) in [6.45, 7) is 4.34. The van der Waals surface area contributed by atoms with E-state index in [1.54, 1.807) is 0 Å². The fraction of sp³-hybridized carbons (Fsp3) is 0.467. The van der Waals surface area contributed by atoms with E-state index in [0.717, 1.165) is 32.1 Å². The minimum atomic E-state index is 0.970. The van der Waals surface area contributed by atoms with Crippen molar-refractivity contribution in [3.05, 3.63) is 33.8 Å². The van der Waals surface area contributed by atoms with E-state index in [0.29, 0.717) is 0 Å². The molecule has 16 heavy (non-hydrogen) atoms. The molecule has 0 aliphatic carbocycles. The van der Waals surface area contributed by atoms with E-state index in [9.17, 15) is 0 Å². The molecule has 0 bridgehead atoms. The van der Waals surface area contributed by atoms with Crippen LogP contribution < -0.4 is 0 Å². The maximum absolute atomic E-state index is 3.61. The van der Waals surface area contributed by atoms with Crippen molar-refractivity contribution in [2.24, 2.45) is 0 Å². The van der Waals surface area contributed by atoms with Gasteiger partial charge in [-0.3, -0.25) is 0 Å². The topological polar surface area (TPSA) is 0 Å². The third-order valence-electron chi connectivity index (χ3n) is 2.54. The van der Waals surface area contributed by atoms with Crippen LogP contribution in [0.5, 0.6) is 0 Å². The van der Waals surface area contributed by atoms with Crippen LogP contribution >= 0.6 is 15.9 Å². The average molecular weight is 279 g/mol. The second-order valence-electron chi connectivity index (χ2n) is 3.88. The van der Waals surface area contributed by atoms with Gasteiger partial charge in [0, 0.05) is 17.3 Å². The van der Waals surface area contributed by atoms with E-state index < -0.39 is 0 Å². The van der Waals surface area contributed by atoms with Gasteiger partial charge < -0.3 is 0 Å². The number of hydrogen-bond acceptors (Lipinski definition) is 0. The summed E-state index contributed by atoms with van der Waals surface area (Å²) < 4.78 is 1.23. The first kappa shape index (κ1) is 13.3. The predicted molar refractivity (Wildman–Crippen MR) is 74.5 cm³/mol. The van der Waals surface area contributed by atoms with E-state index in [4.69, 9.17) is 0 Å². The van der Waals surface area contributed by atoms with Crippen LogP contribution in [0.25, 0.3) is 0 Å². The van der Waals surface area contributed by atoms with Gasteiger partial charge in [0.15, 0.2) is 0 Å². The number of benzene rings is 1. The molecule has 1 rings (SSSR count). The first-order valence-electron chi connectivity index (χ1n) is 6.01. The van der Waals surface area contributed by atoms with Crippen LogP contribution in [-0.4, -0.2) is 0 Å². The zero-order chi connectivity index (χ0) is 11.8. The smallest absolute Gasteiger partial charge is 0.0209 e. The number of rotatable bonds is 4. The molecule has 0 N–H and O–H groups in total. The molecule has 0 nitrogen and oxygen atoms in total. The molecular weight excluding hydrogens is 260 g/mol. The first-order chi connectivity index (χ1) is 7.77. The van der Waals surface area contributed by atoms with Gasteiger partial charge in [-0.2, -0.15) is 0 Å². The van der Waals surface area contributed by atoms with Gasteiger partial charge >= 0.3 is 0 Å². The lowest BCUT2D eigenvalue weighted by molar-refractivity contribution is 0.972. The largest absolute Gasteiger partial charge is 0.103 e. The molecule has 0 aliphatic heterocycles. The standard InChI is InChI=1S/C15H19Br/c1-3-5-6-7-8-9-13-10-11-14(4-2)15(16)12-13/h10-12H,3-5,8-9H2,1-2H3. The summed E-state index contributed by atoms with van der Waals surface area (Å²) in [5.41, 5.74) is 2.75. The van der Waals surface area contributed by atoms with Crippen molar-refractivity contribution < 1.29 is 0 Å². The molecule has 1 aromatic rings. The second kappa shape index (κ2) is 7.52. The molecule has 0 heterocycles. The maximum Gasteiger partial charge on any atom is 0.0209 e. The van der Waals surface area contributed by atoms with E-state index >= 15 is 0 Å². The van der Waals surface area contributed by atoms with Crippen molar-refractivity contribution in [2.75, 3.05) is 0 Å². The molecule has 1 aromatic carbocycles. The minimum Gasteiger partial charge on any atom is -0.103 e. The lowest BCUT2D eigenvalue weighted by Crippen LogP contribution is -1.88. The highest BCUT2D eigenvalue weighted by atomic mass is 79.9. The minimum absolute atomic E-state index is 0.970. The average Bonchev–Trinajstić information content (AvgIpc) is 2.29. The van der Waals surface area contributed by atoms with Crippen molar-refractivity contribution in [1.29, 1.82) is 0 Å². The van der Waals surface area contributed by atoms with Crippen molar-refractivity contribution in [3.8, 4) is 11.8 Å². The molecule has 0 fully saturated rings. The summed E-state index contributed by atoms with van der Waals surface area (Å²) in [5, 5.41) is 0. The van der Waals surface area contributed by atoms with Crippen LogP contribution in [0.4, 0.5) is 0 Å². The van der Waals surface area contributed by atoms with Gasteiger partial charge in [0.2, 0.25) is 0 Å². The van der Waals surface area contributed by atoms with Crippen LogP contribution in [0.2, 0.25) is 0 Å². The third kappa shape index (κ3) is 4.41. The number of aryl methyl sites for hydroxylation is 2. The Balaban J connectivity index is 2.50. The first-order valence-corrected chi connectivity index (χ1v) is 6.80. The van der Waals surface area contributed by atoms with Crippen LogP contribution in [0.15, 0.2) is 22.7 Å². The van der Waals surface area contributed by atoms with Crippen molar-refractivity contribution in [2.45, 2.75) is 46.0 Å². The summed E-state index contributed by atoms with van der Waals surface area (Å²) in [5.74, 6) is 6.40. The SMILES string of the molecule is CCCC#CCCc1ccc(CC)c(Br)c1. The van der Waals surface area contributed by atoms with Crippen LogP contribution in [0.3, 0.4) is 0 Å². The molecule has 0 unspecified atom stereocenters. The lowest BCUT2D eigenvalue weighted by atomic mass is 10.1. The highest BCUT2D eigenvalue weighted by molar-refractivity contribution is 9.10. The molecular formula is C15H19Br. The summed E-state index contributed by atoms with van der Waals surface area (Å²) >= 11 is 3.61. The van der Waals surface area contributed by atoms with Gasteiger partial charge in [-0.25, -0.2) is 0 Å². The van der Waals surface area contributed by atoms with Gasteiger partial charge in [0.25, 0.3) is 0 Å². The molecule has 1 heteroatoms. The Hall–Kier alpha value is -0.740. The van der Waals surface area contributed by atoms with Gasteiger partial charge in [-0.05, 0) is 36.5 Å². The van der Waals surface area contributed by atoms with Crippen LogP contribution in [0, 0.1) is 11.8 Å². The van der Waals surface area contributed by atoms with E-state index in [2.05, 4.69) is 59.8 Å². The Bertz CT molecular complexity index is 382. The summed E-state index contributed by atoms with van der Waals surface area (Å²) in [6, 6.07) is 6.64. The number of unbranched alkanes of at least 4 members (excludes halogenated alkanes) is 1. The van der Waals surface area contributed by atoms with E-state index in [1.165, 1.54) is 15.6 Å². The molecule has 0 radical (unpaired) electrons. The third-order valence-corrected chi connectivity index (χ3v) is 3.28. The number of hydrogen-bond donors (Lipinski definition) is 0. The maximum atomic E-state index is 3.61. The summed E-state index contributed by atoms with van der Waals surface area (Å²) in [6.07, 6.45) is 5.29. The van der Waals surface area contributed by atoms with E-state index in [1.807, 2.05) is 0 Å². The quantitative estimate of drug-likeness (QED) is 0.698. The molecule has 0 aliphatic rings. The van der Waals surface area contributed by atoms with Crippen molar-refractivity contribution in [3.63, 3.8) is 0 Å². The second-order valence-corrected chi connectivity index (χ2v) is 4.74. The number of halogens is 1. The Kier molecular flexibility index (Phi) is 6.26. The molecule has 0 saturated carbocycles. The summed E-state index contributed by atoms with van der Waals surface area (Å²) in [4.78, 5) is 0. The lowest BCUT2D eigenvalue weighted by Gasteiger charge is -2.03. The Morgan fingerprint density at radius 3 is 2.50 bits per heavy atom. The predicted octanol–water partition coefficient (Wildman–Crippen LogP) is 4.75. The highest BCUT2D eigenvalue weighted by Gasteiger charge is 1.98. The molecule has 86 valence electrons. The van der Waals surface area contributed by atoms with Crippen molar-refractivity contribution >= 4 is 15.9 Å². The molecule has 0 saturated heterocycles. The van der Waals surface area contributed by atoms with Crippen LogP contribution in [-0.2, 0) is 12.8 Å². The van der Waals surface area contributed by atoms with Gasteiger partial charge in [0.1, 0.15) is 0 Å². The van der Waals surface area contributed by atoms with E-state index in [-0.39, 0.29) is 0 Å². The molecule has 0 amide bonds. The highest BCUT2D eigenvalue weighted by Crippen LogP contribution is 2.19. The molecule has 0 atom stereocenters. The fourth-order valence-corrected chi connectivity index (χ4v) is 2.25. The Labute approximate surface area is 108 Å². The normalized spacial score (nSPS) is 9.69. The summed E-state index contributed by atoms with van der Waals surface area (Å²) in [7, 11) is 0. The van der Waals surface area contributed by atoms with Gasteiger partial charge in [0.05, 0.1) is 0 Å². The monoisotopic (exact) mass is 278 g/mol.